The number of benzene rings is 1. The van der Waals surface area contributed by atoms with E-state index in [1.54, 1.807) is 25.5 Å². The van der Waals surface area contributed by atoms with Crippen LogP contribution in [0.25, 0.3) is 5.69 Å². The van der Waals surface area contributed by atoms with Crippen LogP contribution in [0, 0.1) is 13.8 Å². The van der Waals surface area contributed by atoms with Crippen LogP contribution in [0.15, 0.2) is 24.3 Å². The largest absolute Gasteiger partial charge is 0.394 e. The third-order valence-corrected chi connectivity index (χ3v) is 3.24. The van der Waals surface area contributed by atoms with E-state index in [0.717, 1.165) is 11.3 Å². The van der Waals surface area contributed by atoms with Gasteiger partial charge in [-0.3, -0.25) is 4.79 Å². The van der Waals surface area contributed by atoms with E-state index in [-0.39, 0.29) is 18.2 Å². The smallest absolute Gasteiger partial charge is 0.274 e. The Morgan fingerprint density at radius 2 is 1.90 bits per heavy atom. The zero-order chi connectivity index (χ0) is 15.6. The van der Waals surface area contributed by atoms with Crippen molar-refractivity contribution in [2.75, 3.05) is 6.61 Å². The topological polar surface area (TPSA) is 80.0 Å². The van der Waals surface area contributed by atoms with Crippen LogP contribution in [0.3, 0.4) is 0 Å². The van der Waals surface area contributed by atoms with Gasteiger partial charge in [0.1, 0.15) is 0 Å². The average molecular weight is 288 g/mol. The summed E-state index contributed by atoms with van der Waals surface area (Å²) in [5.74, 6) is -0.343. The van der Waals surface area contributed by atoms with Crippen LogP contribution in [0.4, 0.5) is 0 Å². The molecule has 0 fully saturated rings. The molecule has 1 aromatic carbocycles. The van der Waals surface area contributed by atoms with Crippen molar-refractivity contribution in [3.8, 4) is 5.69 Å². The van der Waals surface area contributed by atoms with Gasteiger partial charge in [0, 0.05) is 0 Å². The second-order valence-corrected chi connectivity index (χ2v) is 5.77. The Labute approximate surface area is 123 Å². The molecule has 1 heterocycles. The standard InChI is InChI=1S/C15H20N4O2/c1-10-5-7-12(8-6-10)19-11(2)13(17-18-19)14(21)16-15(3,4)9-20/h5-8,20H,9H2,1-4H3,(H,16,21). The van der Waals surface area contributed by atoms with Crippen LogP contribution in [-0.2, 0) is 0 Å². The summed E-state index contributed by atoms with van der Waals surface area (Å²) in [5, 5.41) is 19.9. The minimum Gasteiger partial charge on any atom is -0.394 e. The zero-order valence-electron chi connectivity index (χ0n) is 12.7. The number of aliphatic hydroxyl groups is 1. The Kier molecular flexibility index (Phi) is 4.09. The van der Waals surface area contributed by atoms with Gasteiger partial charge in [-0.05, 0) is 39.8 Å². The Morgan fingerprint density at radius 1 is 1.29 bits per heavy atom. The normalized spacial score (nSPS) is 11.5. The molecule has 0 atom stereocenters. The second-order valence-electron chi connectivity index (χ2n) is 5.77. The highest BCUT2D eigenvalue weighted by Crippen LogP contribution is 2.14. The summed E-state index contributed by atoms with van der Waals surface area (Å²) in [4.78, 5) is 12.2. The van der Waals surface area contributed by atoms with Crippen molar-refractivity contribution in [3.63, 3.8) is 0 Å². The molecule has 21 heavy (non-hydrogen) atoms. The first-order chi connectivity index (χ1) is 9.84. The SMILES string of the molecule is Cc1ccc(-n2nnc(C(=O)NC(C)(C)CO)c2C)cc1. The third kappa shape index (κ3) is 3.28. The molecule has 2 rings (SSSR count). The van der Waals surface area contributed by atoms with Gasteiger partial charge in [-0.2, -0.15) is 0 Å². The van der Waals surface area contributed by atoms with Gasteiger partial charge in [-0.25, -0.2) is 4.68 Å². The van der Waals surface area contributed by atoms with Crippen LogP contribution < -0.4 is 5.32 Å². The first-order valence-corrected chi connectivity index (χ1v) is 6.77. The lowest BCUT2D eigenvalue weighted by Crippen LogP contribution is -2.46. The van der Waals surface area contributed by atoms with E-state index in [2.05, 4.69) is 15.6 Å². The Balaban J connectivity index is 2.28. The van der Waals surface area contributed by atoms with Gasteiger partial charge >= 0.3 is 0 Å². The molecule has 1 amide bonds. The van der Waals surface area contributed by atoms with E-state index in [9.17, 15) is 9.90 Å². The van der Waals surface area contributed by atoms with Crippen molar-refractivity contribution in [1.82, 2.24) is 20.3 Å². The van der Waals surface area contributed by atoms with Crippen molar-refractivity contribution in [1.29, 1.82) is 0 Å². The average Bonchev–Trinajstić information content (AvgIpc) is 2.81. The molecule has 0 bridgehead atoms. The Morgan fingerprint density at radius 3 is 2.48 bits per heavy atom. The van der Waals surface area contributed by atoms with Crippen LogP contribution in [0.2, 0.25) is 0 Å². The quantitative estimate of drug-likeness (QED) is 0.891. The molecule has 6 nitrogen and oxygen atoms in total. The first kappa shape index (κ1) is 15.2. The maximum atomic E-state index is 12.2. The minimum atomic E-state index is -0.697. The predicted molar refractivity (Wildman–Crippen MR) is 79.5 cm³/mol. The molecule has 0 aliphatic rings. The lowest BCUT2D eigenvalue weighted by Gasteiger charge is -2.22. The van der Waals surface area contributed by atoms with Gasteiger partial charge in [0.2, 0.25) is 0 Å². The van der Waals surface area contributed by atoms with Crippen LogP contribution >= 0.6 is 0 Å². The number of hydrogen-bond donors (Lipinski definition) is 2. The number of aliphatic hydroxyl groups excluding tert-OH is 1. The molecular formula is C15H20N4O2. The fraction of sp³-hybridized carbons (Fsp3) is 0.400. The molecule has 2 aromatic rings. The highest BCUT2D eigenvalue weighted by molar-refractivity contribution is 5.93. The summed E-state index contributed by atoms with van der Waals surface area (Å²) in [6, 6.07) is 7.81. The van der Waals surface area contributed by atoms with E-state index in [4.69, 9.17) is 0 Å². The monoisotopic (exact) mass is 288 g/mol. The number of nitrogens with one attached hydrogen (secondary N) is 1. The van der Waals surface area contributed by atoms with Gasteiger partial charge in [-0.15, -0.1) is 5.10 Å². The third-order valence-electron chi connectivity index (χ3n) is 3.24. The fourth-order valence-corrected chi connectivity index (χ4v) is 1.88. The molecular weight excluding hydrogens is 268 g/mol. The predicted octanol–water partition coefficient (Wildman–Crippen LogP) is 1.38. The molecule has 0 aliphatic carbocycles. The summed E-state index contributed by atoms with van der Waals surface area (Å²) in [6.45, 7) is 7.13. The summed E-state index contributed by atoms with van der Waals surface area (Å²) in [6.07, 6.45) is 0. The molecule has 0 aliphatic heterocycles. The van der Waals surface area contributed by atoms with Crippen LogP contribution in [-0.4, -0.2) is 38.2 Å². The van der Waals surface area contributed by atoms with Gasteiger partial charge in [0.05, 0.1) is 23.5 Å². The van der Waals surface area contributed by atoms with Gasteiger partial charge in [0.15, 0.2) is 5.69 Å². The fourth-order valence-electron chi connectivity index (χ4n) is 1.88. The van der Waals surface area contributed by atoms with Crippen molar-refractivity contribution in [2.24, 2.45) is 0 Å². The highest BCUT2D eigenvalue weighted by atomic mass is 16.3. The summed E-state index contributed by atoms with van der Waals surface area (Å²) >= 11 is 0. The molecule has 0 unspecified atom stereocenters. The summed E-state index contributed by atoms with van der Waals surface area (Å²) in [7, 11) is 0. The number of carbonyl (C=O) groups is 1. The Hall–Kier alpha value is -2.21. The van der Waals surface area contributed by atoms with Crippen molar-refractivity contribution >= 4 is 5.91 Å². The van der Waals surface area contributed by atoms with Gasteiger partial charge < -0.3 is 10.4 Å². The minimum absolute atomic E-state index is 0.149. The molecule has 0 saturated heterocycles. The van der Waals surface area contributed by atoms with Gasteiger partial charge in [0.25, 0.3) is 5.91 Å². The summed E-state index contributed by atoms with van der Waals surface area (Å²) < 4.78 is 1.63. The number of amides is 1. The van der Waals surface area contributed by atoms with Crippen molar-refractivity contribution in [3.05, 3.63) is 41.2 Å². The van der Waals surface area contributed by atoms with Crippen molar-refractivity contribution in [2.45, 2.75) is 33.2 Å². The molecule has 2 N–H and O–H groups in total. The second kappa shape index (κ2) is 5.65. The number of aryl methyl sites for hydroxylation is 1. The number of nitrogens with zero attached hydrogens (tertiary/aromatic N) is 3. The lowest BCUT2D eigenvalue weighted by molar-refractivity contribution is 0.0863. The number of rotatable bonds is 4. The van der Waals surface area contributed by atoms with Gasteiger partial charge in [-0.1, -0.05) is 22.9 Å². The zero-order valence-corrected chi connectivity index (χ0v) is 12.7. The van der Waals surface area contributed by atoms with E-state index < -0.39 is 5.54 Å². The molecule has 6 heteroatoms. The molecule has 0 saturated carbocycles. The maximum absolute atomic E-state index is 12.2. The number of aromatic nitrogens is 3. The number of hydrogen-bond acceptors (Lipinski definition) is 4. The summed E-state index contributed by atoms with van der Waals surface area (Å²) in [5.41, 5.74) is 2.23. The first-order valence-electron chi connectivity index (χ1n) is 6.77. The van der Waals surface area contributed by atoms with E-state index >= 15 is 0 Å². The Bertz CT molecular complexity index is 644. The van der Waals surface area contributed by atoms with E-state index in [1.165, 1.54) is 0 Å². The molecule has 0 spiro atoms. The van der Waals surface area contributed by atoms with Crippen molar-refractivity contribution < 1.29 is 9.90 Å². The molecule has 112 valence electrons. The van der Waals surface area contributed by atoms with Crippen LogP contribution in [0.1, 0.15) is 35.6 Å². The van der Waals surface area contributed by atoms with E-state index in [0.29, 0.717) is 5.69 Å². The maximum Gasteiger partial charge on any atom is 0.274 e. The number of carbonyl (C=O) groups excluding carboxylic acids is 1. The highest BCUT2D eigenvalue weighted by Gasteiger charge is 2.24. The lowest BCUT2D eigenvalue weighted by atomic mass is 10.1. The van der Waals surface area contributed by atoms with Crippen LogP contribution in [0.5, 0.6) is 0 Å². The molecule has 1 aromatic heterocycles. The van der Waals surface area contributed by atoms with E-state index in [1.807, 2.05) is 31.2 Å². The molecule has 0 radical (unpaired) electrons.